The summed E-state index contributed by atoms with van der Waals surface area (Å²) in [6, 6.07) is -0.917. The zero-order chi connectivity index (χ0) is 7.44. The topological polar surface area (TPSA) is 66.6 Å². The van der Waals surface area contributed by atoms with Crippen molar-refractivity contribution < 1.29 is 9.90 Å². The summed E-state index contributed by atoms with van der Waals surface area (Å²) < 4.78 is 1.12. The van der Waals surface area contributed by atoms with Crippen molar-refractivity contribution in [3.8, 4) is 0 Å². The van der Waals surface area contributed by atoms with Gasteiger partial charge in [-0.15, -0.1) is 0 Å². The number of hydrogen-bond donors (Lipinski definition) is 4. The standard InChI is InChI=1S/C3H8N2O2S2/c4-2(3(6)7)1-5(8)9/h2,8-9H,1,4H2,(H,6,7). The molecule has 0 bridgehead atoms. The summed E-state index contributed by atoms with van der Waals surface area (Å²) in [5.41, 5.74) is 5.08. The van der Waals surface area contributed by atoms with E-state index in [4.69, 9.17) is 10.8 Å². The van der Waals surface area contributed by atoms with Gasteiger partial charge in [-0.2, -0.15) is 3.71 Å². The van der Waals surface area contributed by atoms with Gasteiger partial charge in [0.25, 0.3) is 0 Å². The van der Waals surface area contributed by atoms with Crippen LogP contribution in [0.5, 0.6) is 0 Å². The second-order valence-corrected chi connectivity index (χ2v) is 2.78. The van der Waals surface area contributed by atoms with Crippen LogP contribution in [-0.2, 0) is 4.79 Å². The van der Waals surface area contributed by atoms with E-state index in [0.29, 0.717) is 0 Å². The van der Waals surface area contributed by atoms with Crippen molar-refractivity contribution >= 4 is 31.6 Å². The van der Waals surface area contributed by atoms with Crippen molar-refractivity contribution in [1.82, 2.24) is 3.71 Å². The van der Waals surface area contributed by atoms with Gasteiger partial charge in [0, 0.05) is 6.54 Å². The second-order valence-electron chi connectivity index (χ2n) is 1.50. The molecule has 0 aliphatic heterocycles. The lowest BCUT2D eigenvalue weighted by molar-refractivity contribution is -0.138. The smallest absolute Gasteiger partial charge is 0.321 e. The number of nitrogens with zero attached hydrogens (tertiary/aromatic N) is 1. The first-order valence-electron chi connectivity index (χ1n) is 2.17. The molecule has 54 valence electrons. The first-order valence-corrected chi connectivity index (χ1v) is 2.97. The van der Waals surface area contributed by atoms with Crippen LogP contribution in [0.25, 0.3) is 0 Å². The number of aliphatic carboxylic acids is 1. The van der Waals surface area contributed by atoms with Crippen LogP contribution in [0.2, 0.25) is 0 Å². The normalized spacial score (nSPS) is 13.8. The molecular formula is C3H8N2O2S2. The first kappa shape index (κ1) is 9.09. The molecule has 1 atom stereocenters. The molecule has 0 aliphatic rings. The molecule has 0 aromatic heterocycles. The lowest BCUT2D eigenvalue weighted by Gasteiger charge is -2.09. The van der Waals surface area contributed by atoms with E-state index in [1.165, 1.54) is 0 Å². The van der Waals surface area contributed by atoms with Gasteiger partial charge < -0.3 is 10.8 Å². The van der Waals surface area contributed by atoms with Crippen molar-refractivity contribution in [3.05, 3.63) is 0 Å². The largest absolute Gasteiger partial charge is 0.480 e. The van der Waals surface area contributed by atoms with Crippen molar-refractivity contribution in [2.24, 2.45) is 5.73 Å². The summed E-state index contributed by atoms with van der Waals surface area (Å²) >= 11 is 7.37. The molecule has 0 saturated carbocycles. The lowest BCUT2D eigenvalue weighted by Crippen LogP contribution is -2.37. The molecule has 0 radical (unpaired) electrons. The van der Waals surface area contributed by atoms with Gasteiger partial charge in [-0.25, -0.2) is 0 Å². The van der Waals surface area contributed by atoms with E-state index < -0.39 is 12.0 Å². The molecule has 0 spiro atoms. The highest BCUT2D eigenvalue weighted by atomic mass is 32.2. The Morgan fingerprint density at radius 2 is 2.22 bits per heavy atom. The van der Waals surface area contributed by atoms with Gasteiger partial charge in [0.1, 0.15) is 6.04 Å². The monoisotopic (exact) mass is 168 g/mol. The van der Waals surface area contributed by atoms with Crippen molar-refractivity contribution in [2.75, 3.05) is 6.54 Å². The van der Waals surface area contributed by atoms with E-state index in [-0.39, 0.29) is 6.54 Å². The molecule has 0 heterocycles. The highest BCUT2D eigenvalue weighted by molar-refractivity contribution is 7.93. The summed E-state index contributed by atoms with van der Waals surface area (Å²) in [6.45, 7) is 0.113. The number of carboxylic acid groups (broad SMARTS) is 1. The van der Waals surface area contributed by atoms with Crippen LogP contribution in [0.1, 0.15) is 0 Å². The summed E-state index contributed by atoms with van der Waals surface area (Å²) in [5.74, 6) is -1.05. The van der Waals surface area contributed by atoms with Gasteiger partial charge >= 0.3 is 5.97 Å². The summed E-state index contributed by atoms with van der Waals surface area (Å²) in [4.78, 5) is 10.0. The van der Waals surface area contributed by atoms with Gasteiger partial charge in [0.2, 0.25) is 0 Å². The Hall–Kier alpha value is 0.0900. The molecule has 0 aromatic rings. The fourth-order valence-electron chi connectivity index (χ4n) is 0.254. The zero-order valence-corrected chi connectivity index (χ0v) is 6.35. The number of nitrogens with two attached hydrogens (primary N) is 1. The Balaban J connectivity index is 3.50. The molecule has 0 fully saturated rings. The number of hydrogen-bond acceptors (Lipinski definition) is 5. The zero-order valence-electron chi connectivity index (χ0n) is 4.56. The number of carbonyl (C=O) groups is 1. The Morgan fingerprint density at radius 3 is 2.33 bits per heavy atom. The minimum atomic E-state index is -1.05. The maximum atomic E-state index is 10.0. The molecule has 1 unspecified atom stereocenters. The summed E-state index contributed by atoms with van der Waals surface area (Å²) in [5, 5.41) is 8.21. The SMILES string of the molecule is NC(CN(S)S)C(=O)O. The van der Waals surface area contributed by atoms with Crippen LogP contribution in [0.3, 0.4) is 0 Å². The van der Waals surface area contributed by atoms with Crippen molar-refractivity contribution in [1.29, 1.82) is 0 Å². The fourth-order valence-corrected chi connectivity index (χ4v) is 0.606. The Morgan fingerprint density at radius 1 is 1.78 bits per heavy atom. The Labute approximate surface area is 64.1 Å². The maximum Gasteiger partial charge on any atom is 0.321 e. The molecule has 4 nitrogen and oxygen atoms in total. The third-order valence-electron chi connectivity index (χ3n) is 0.677. The molecule has 9 heavy (non-hydrogen) atoms. The second kappa shape index (κ2) is 3.99. The average Bonchev–Trinajstić information content (AvgIpc) is 1.63. The van der Waals surface area contributed by atoms with Gasteiger partial charge in [-0.3, -0.25) is 4.79 Å². The van der Waals surface area contributed by atoms with E-state index >= 15 is 0 Å². The number of rotatable bonds is 3. The molecule has 0 aliphatic carbocycles. The maximum absolute atomic E-state index is 10.0. The minimum absolute atomic E-state index is 0.113. The molecule has 0 amide bonds. The van der Waals surface area contributed by atoms with Gasteiger partial charge in [0.05, 0.1) is 0 Å². The van der Waals surface area contributed by atoms with E-state index in [1.54, 1.807) is 0 Å². The van der Waals surface area contributed by atoms with E-state index in [1.807, 2.05) is 0 Å². The molecule has 3 N–H and O–H groups in total. The van der Waals surface area contributed by atoms with Crippen molar-refractivity contribution in [2.45, 2.75) is 6.04 Å². The van der Waals surface area contributed by atoms with Crippen LogP contribution in [-0.4, -0.2) is 27.4 Å². The van der Waals surface area contributed by atoms with Crippen LogP contribution in [0.15, 0.2) is 0 Å². The van der Waals surface area contributed by atoms with Crippen LogP contribution in [0.4, 0.5) is 0 Å². The van der Waals surface area contributed by atoms with Crippen LogP contribution >= 0.6 is 25.6 Å². The van der Waals surface area contributed by atoms with E-state index in [0.717, 1.165) is 3.71 Å². The predicted octanol–water partition coefficient (Wildman–Crippen LogP) is -0.610. The van der Waals surface area contributed by atoms with Gasteiger partial charge in [-0.1, -0.05) is 25.6 Å². The Bertz CT molecular complexity index is 108. The predicted molar refractivity (Wildman–Crippen MR) is 40.3 cm³/mol. The number of carboxylic acids is 1. The van der Waals surface area contributed by atoms with E-state index in [2.05, 4.69) is 25.6 Å². The number of thiol groups is 2. The van der Waals surface area contributed by atoms with E-state index in [9.17, 15) is 4.79 Å². The van der Waals surface area contributed by atoms with Crippen molar-refractivity contribution in [3.63, 3.8) is 0 Å². The molecule has 0 aromatic carbocycles. The summed E-state index contributed by atoms with van der Waals surface area (Å²) in [7, 11) is 0. The fraction of sp³-hybridized carbons (Fsp3) is 0.667. The quantitative estimate of drug-likeness (QED) is 0.424. The summed E-state index contributed by atoms with van der Waals surface area (Å²) in [6.07, 6.45) is 0. The highest BCUT2D eigenvalue weighted by Gasteiger charge is 2.11. The highest BCUT2D eigenvalue weighted by Crippen LogP contribution is 1.96. The molecule has 0 rings (SSSR count). The van der Waals surface area contributed by atoms with Gasteiger partial charge in [0.15, 0.2) is 0 Å². The Kier molecular flexibility index (Phi) is 4.03. The van der Waals surface area contributed by atoms with Gasteiger partial charge in [-0.05, 0) is 0 Å². The average molecular weight is 168 g/mol. The first-order chi connectivity index (χ1) is 4.04. The van der Waals surface area contributed by atoms with Crippen LogP contribution in [0, 0.1) is 0 Å². The minimum Gasteiger partial charge on any atom is -0.480 e. The third-order valence-corrected chi connectivity index (χ3v) is 1.00. The van der Waals surface area contributed by atoms with Crippen LogP contribution < -0.4 is 5.73 Å². The lowest BCUT2D eigenvalue weighted by atomic mass is 10.3. The third kappa shape index (κ3) is 4.58. The molecule has 6 heteroatoms. The molecule has 0 saturated heterocycles. The molecular weight excluding hydrogens is 160 g/mol.